The lowest BCUT2D eigenvalue weighted by Gasteiger charge is -2.11. The Kier molecular flexibility index (Phi) is 3.47. The van der Waals surface area contributed by atoms with Gasteiger partial charge in [0.25, 0.3) is 0 Å². The molecule has 6 heteroatoms. The maximum atomic E-state index is 5.78. The van der Waals surface area contributed by atoms with E-state index in [1.54, 1.807) is 18.9 Å². The summed E-state index contributed by atoms with van der Waals surface area (Å²) in [4.78, 5) is 0. The molecule has 0 unspecified atom stereocenters. The van der Waals surface area contributed by atoms with Crippen LogP contribution in [0.4, 0.5) is 5.82 Å². The first-order chi connectivity index (χ1) is 8.58. The third-order valence-electron chi connectivity index (χ3n) is 2.68. The molecule has 0 saturated carbocycles. The molecule has 0 radical (unpaired) electrons. The van der Waals surface area contributed by atoms with Gasteiger partial charge in [-0.05, 0) is 28.1 Å². The van der Waals surface area contributed by atoms with Crippen LogP contribution in [0.5, 0.6) is 11.5 Å². The number of aromatic nitrogens is 2. The Labute approximate surface area is 114 Å². The molecule has 18 heavy (non-hydrogen) atoms. The van der Waals surface area contributed by atoms with E-state index in [2.05, 4.69) is 21.0 Å². The summed E-state index contributed by atoms with van der Waals surface area (Å²) in [7, 11) is 5.07. The van der Waals surface area contributed by atoms with E-state index in [1.807, 2.05) is 25.2 Å². The molecule has 0 bridgehead atoms. The molecule has 2 aromatic rings. The number of nitrogens with two attached hydrogens (primary N) is 1. The summed E-state index contributed by atoms with van der Waals surface area (Å²) < 4.78 is 13.0. The lowest BCUT2D eigenvalue weighted by molar-refractivity contribution is 0.395. The predicted octanol–water partition coefficient (Wildman–Crippen LogP) is 2.45. The minimum absolute atomic E-state index is 0.449. The SMILES string of the molecule is COc1ccc(-c2c(Br)c(N)nn2C)c(OC)c1. The van der Waals surface area contributed by atoms with Gasteiger partial charge in [-0.15, -0.1) is 0 Å². The molecular formula is C12H14BrN3O2. The summed E-state index contributed by atoms with van der Waals surface area (Å²) in [5.74, 6) is 1.89. The molecule has 0 aliphatic carbocycles. The summed E-state index contributed by atoms with van der Waals surface area (Å²) in [6, 6.07) is 5.61. The molecule has 0 saturated heterocycles. The van der Waals surface area contributed by atoms with Gasteiger partial charge in [-0.3, -0.25) is 4.68 Å². The zero-order valence-electron chi connectivity index (χ0n) is 10.4. The Balaban J connectivity index is 2.63. The van der Waals surface area contributed by atoms with E-state index in [0.717, 1.165) is 21.5 Å². The van der Waals surface area contributed by atoms with Gasteiger partial charge in [-0.25, -0.2) is 0 Å². The van der Waals surface area contributed by atoms with Gasteiger partial charge in [0.2, 0.25) is 0 Å². The maximum absolute atomic E-state index is 5.78. The van der Waals surface area contributed by atoms with Gasteiger partial charge >= 0.3 is 0 Å². The van der Waals surface area contributed by atoms with Crippen molar-refractivity contribution in [2.75, 3.05) is 20.0 Å². The first-order valence-corrected chi connectivity index (χ1v) is 6.08. The summed E-state index contributed by atoms with van der Waals surface area (Å²) in [5, 5.41) is 4.17. The first-order valence-electron chi connectivity index (χ1n) is 5.28. The van der Waals surface area contributed by atoms with Gasteiger partial charge < -0.3 is 15.2 Å². The number of hydrogen-bond donors (Lipinski definition) is 1. The van der Waals surface area contributed by atoms with Gasteiger partial charge in [0.05, 0.1) is 24.4 Å². The van der Waals surface area contributed by atoms with Crippen molar-refractivity contribution in [2.45, 2.75) is 0 Å². The van der Waals surface area contributed by atoms with Crippen LogP contribution in [0, 0.1) is 0 Å². The molecule has 0 aliphatic heterocycles. The molecule has 96 valence electrons. The van der Waals surface area contributed by atoms with E-state index >= 15 is 0 Å². The fourth-order valence-electron chi connectivity index (χ4n) is 1.81. The second-order valence-electron chi connectivity index (χ2n) is 3.74. The van der Waals surface area contributed by atoms with Crippen LogP contribution in [0.1, 0.15) is 0 Å². The minimum Gasteiger partial charge on any atom is -0.497 e. The lowest BCUT2D eigenvalue weighted by Crippen LogP contribution is -1.97. The fourth-order valence-corrected chi connectivity index (χ4v) is 2.36. The molecule has 0 spiro atoms. The molecule has 2 rings (SSSR count). The van der Waals surface area contributed by atoms with Crippen LogP contribution >= 0.6 is 15.9 Å². The highest BCUT2D eigenvalue weighted by Crippen LogP contribution is 2.38. The van der Waals surface area contributed by atoms with E-state index in [-0.39, 0.29) is 0 Å². The van der Waals surface area contributed by atoms with Crippen molar-refractivity contribution in [1.29, 1.82) is 0 Å². The Morgan fingerprint density at radius 1 is 1.28 bits per heavy atom. The van der Waals surface area contributed by atoms with Crippen LogP contribution in [0.25, 0.3) is 11.3 Å². The smallest absolute Gasteiger partial charge is 0.160 e. The van der Waals surface area contributed by atoms with E-state index in [0.29, 0.717) is 11.6 Å². The summed E-state index contributed by atoms with van der Waals surface area (Å²) in [6.07, 6.45) is 0. The normalized spacial score (nSPS) is 10.4. The van der Waals surface area contributed by atoms with Crippen LogP contribution in [-0.4, -0.2) is 24.0 Å². The molecule has 1 aromatic heterocycles. The van der Waals surface area contributed by atoms with Gasteiger partial charge in [0, 0.05) is 18.7 Å². The standard InChI is InChI=1S/C12H14BrN3O2/c1-16-11(10(13)12(14)15-16)8-5-4-7(17-2)6-9(8)18-3/h4-6H,1-3H3,(H2,14,15). The van der Waals surface area contributed by atoms with Gasteiger partial charge in [-0.2, -0.15) is 5.10 Å². The number of anilines is 1. The number of ether oxygens (including phenoxy) is 2. The molecule has 5 nitrogen and oxygen atoms in total. The Bertz CT molecular complexity index is 581. The second kappa shape index (κ2) is 4.89. The zero-order valence-corrected chi connectivity index (χ0v) is 12.0. The average Bonchev–Trinajstić information content (AvgIpc) is 2.62. The molecule has 1 aromatic carbocycles. The van der Waals surface area contributed by atoms with Crippen LogP contribution in [0.15, 0.2) is 22.7 Å². The molecule has 0 aliphatic rings. The minimum atomic E-state index is 0.449. The van der Waals surface area contributed by atoms with Crippen molar-refractivity contribution in [1.82, 2.24) is 9.78 Å². The van der Waals surface area contributed by atoms with Crippen molar-refractivity contribution >= 4 is 21.7 Å². The first kappa shape index (κ1) is 12.8. The van der Waals surface area contributed by atoms with Crippen molar-refractivity contribution in [2.24, 2.45) is 7.05 Å². The molecule has 2 N–H and O–H groups in total. The van der Waals surface area contributed by atoms with Crippen LogP contribution in [0.3, 0.4) is 0 Å². The van der Waals surface area contributed by atoms with E-state index in [9.17, 15) is 0 Å². The number of halogens is 1. The van der Waals surface area contributed by atoms with Crippen LogP contribution < -0.4 is 15.2 Å². The van der Waals surface area contributed by atoms with Crippen molar-refractivity contribution < 1.29 is 9.47 Å². The van der Waals surface area contributed by atoms with Gasteiger partial charge in [-0.1, -0.05) is 0 Å². The summed E-state index contributed by atoms with van der Waals surface area (Å²) in [6.45, 7) is 0. The van der Waals surface area contributed by atoms with Crippen molar-refractivity contribution in [3.05, 3.63) is 22.7 Å². The van der Waals surface area contributed by atoms with E-state index < -0.39 is 0 Å². The Morgan fingerprint density at radius 2 is 2.00 bits per heavy atom. The topological polar surface area (TPSA) is 62.3 Å². The average molecular weight is 312 g/mol. The number of methoxy groups -OCH3 is 2. The Morgan fingerprint density at radius 3 is 2.50 bits per heavy atom. The van der Waals surface area contributed by atoms with Crippen LogP contribution in [0.2, 0.25) is 0 Å². The van der Waals surface area contributed by atoms with Gasteiger partial charge in [0.15, 0.2) is 5.82 Å². The third-order valence-corrected chi connectivity index (χ3v) is 3.46. The van der Waals surface area contributed by atoms with Crippen molar-refractivity contribution in [3.63, 3.8) is 0 Å². The summed E-state index contributed by atoms with van der Waals surface area (Å²) >= 11 is 3.44. The highest BCUT2D eigenvalue weighted by Gasteiger charge is 2.17. The predicted molar refractivity (Wildman–Crippen MR) is 73.9 cm³/mol. The molecule has 0 atom stereocenters. The highest BCUT2D eigenvalue weighted by atomic mass is 79.9. The van der Waals surface area contributed by atoms with E-state index in [1.165, 1.54) is 0 Å². The quantitative estimate of drug-likeness (QED) is 0.945. The monoisotopic (exact) mass is 311 g/mol. The number of rotatable bonds is 3. The highest BCUT2D eigenvalue weighted by molar-refractivity contribution is 9.10. The molecule has 1 heterocycles. The number of benzene rings is 1. The maximum Gasteiger partial charge on any atom is 0.160 e. The number of hydrogen-bond acceptors (Lipinski definition) is 4. The summed E-state index contributed by atoms with van der Waals surface area (Å²) in [5.41, 5.74) is 7.55. The second-order valence-corrected chi connectivity index (χ2v) is 4.53. The van der Waals surface area contributed by atoms with E-state index in [4.69, 9.17) is 15.2 Å². The molecule has 0 amide bonds. The largest absolute Gasteiger partial charge is 0.497 e. The number of nitrogen functional groups attached to an aromatic ring is 1. The fraction of sp³-hybridized carbons (Fsp3) is 0.250. The third kappa shape index (κ3) is 2.03. The molecule has 0 fully saturated rings. The van der Waals surface area contributed by atoms with Crippen molar-refractivity contribution in [3.8, 4) is 22.8 Å². The number of nitrogens with zero attached hydrogens (tertiary/aromatic N) is 2. The zero-order chi connectivity index (χ0) is 13.3. The lowest BCUT2D eigenvalue weighted by atomic mass is 10.1. The molecular weight excluding hydrogens is 298 g/mol. The van der Waals surface area contributed by atoms with Gasteiger partial charge in [0.1, 0.15) is 11.5 Å². The number of aryl methyl sites for hydroxylation is 1. The van der Waals surface area contributed by atoms with Crippen LogP contribution in [-0.2, 0) is 7.05 Å². The Hall–Kier alpha value is -1.69.